The standard InChI is InChI=1S/C15H16BrNS.ClH/c1-17(2)11-12-6-3-4-9-15(12)18-14-8-5-7-13(16)10-14;/h3-10H,11H2,1-2H3;1H. The van der Waals surface area contributed by atoms with E-state index in [1.165, 1.54) is 15.4 Å². The van der Waals surface area contributed by atoms with E-state index < -0.39 is 0 Å². The molecule has 0 saturated carbocycles. The second kappa shape index (κ2) is 7.95. The molecular weight excluding hydrogens is 342 g/mol. The molecule has 0 atom stereocenters. The summed E-state index contributed by atoms with van der Waals surface area (Å²) in [4.78, 5) is 4.78. The van der Waals surface area contributed by atoms with Gasteiger partial charge in [-0.05, 0) is 43.9 Å². The highest BCUT2D eigenvalue weighted by molar-refractivity contribution is 9.10. The van der Waals surface area contributed by atoms with E-state index in [2.05, 4.69) is 83.5 Å². The molecule has 0 aromatic heterocycles. The van der Waals surface area contributed by atoms with Gasteiger partial charge >= 0.3 is 0 Å². The lowest BCUT2D eigenvalue weighted by atomic mass is 10.2. The summed E-state index contributed by atoms with van der Waals surface area (Å²) in [5.74, 6) is 0. The zero-order chi connectivity index (χ0) is 13.0. The molecule has 2 aromatic carbocycles. The van der Waals surface area contributed by atoms with Crippen molar-refractivity contribution < 1.29 is 0 Å². The molecule has 19 heavy (non-hydrogen) atoms. The Hall–Kier alpha value is -0.480. The van der Waals surface area contributed by atoms with E-state index in [9.17, 15) is 0 Å². The van der Waals surface area contributed by atoms with Gasteiger partial charge < -0.3 is 4.90 Å². The fourth-order valence-electron chi connectivity index (χ4n) is 1.73. The van der Waals surface area contributed by atoms with Crippen molar-refractivity contribution in [3.63, 3.8) is 0 Å². The zero-order valence-electron chi connectivity index (χ0n) is 11.0. The van der Waals surface area contributed by atoms with Crippen molar-refractivity contribution in [3.05, 3.63) is 58.6 Å². The highest BCUT2D eigenvalue weighted by Crippen LogP contribution is 2.32. The van der Waals surface area contributed by atoms with Gasteiger partial charge in [-0.25, -0.2) is 0 Å². The summed E-state index contributed by atoms with van der Waals surface area (Å²) in [6.45, 7) is 0.969. The molecule has 0 unspecified atom stereocenters. The van der Waals surface area contributed by atoms with Crippen molar-refractivity contribution in [2.75, 3.05) is 14.1 Å². The molecule has 0 fully saturated rings. The zero-order valence-corrected chi connectivity index (χ0v) is 14.2. The van der Waals surface area contributed by atoms with Crippen molar-refractivity contribution >= 4 is 40.1 Å². The summed E-state index contributed by atoms with van der Waals surface area (Å²) in [6, 6.07) is 17.0. The molecule has 0 saturated heterocycles. The second-order valence-electron chi connectivity index (χ2n) is 4.40. The molecule has 4 heteroatoms. The summed E-state index contributed by atoms with van der Waals surface area (Å²) in [5.41, 5.74) is 1.37. The van der Waals surface area contributed by atoms with Crippen LogP contribution in [0.15, 0.2) is 62.8 Å². The molecule has 0 aliphatic heterocycles. The molecule has 1 nitrogen and oxygen atoms in total. The van der Waals surface area contributed by atoms with Crippen LogP contribution in [-0.4, -0.2) is 19.0 Å². The topological polar surface area (TPSA) is 3.24 Å². The van der Waals surface area contributed by atoms with Gasteiger partial charge in [-0.1, -0.05) is 52.0 Å². The van der Waals surface area contributed by atoms with Crippen molar-refractivity contribution in [1.29, 1.82) is 0 Å². The number of rotatable bonds is 4. The van der Waals surface area contributed by atoms with Gasteiger partial charge in [0, 0.05) is 20.8 Å². The van der Waals surface area contributed by atoms with Gasteiger partial charge in [0.05, 0.1) is 0 Å². The molecule has 0 N–H and O–H groups in total. The molecule has 2 aromatic rings. The largest absolute Gasteiger partial charge is 0.305 e. The molecule has 2 rings (SSSR count). The number of hydrogen-bond acceptors (Lipinski definition) is 2. The maximum absolute atomic E-state index is 3.51. The second-order valence-corrected chi connectivity index (χ2v) is 6.44. The third-order valence-corrected chi connectivity index (χ3v) is 4.08. The predicted molar refractivity (Wildman–Crippen MR) is 89.3 cm³/mol. The van der Waals surface area contributed by atoms with E-state index in [4.69, 9.17) is 0 Å². The lowest BCUT2D eigenvalue weighted by molar-refractivity contribution is 0.399. The van der Waals surface area contributed by atoms with E-state index in [0.29, 0.717) is 0 Å². The van der Waals surface area contributed by atoms with E-state index in [0.717, 1.165) is 11.0 Å². The van der Waals surface area contributed by atoms with Crippen molar-refractivity contribution in [2.24, 2.45) is 0 Å². The lowest BCUT2D eigenvalue weighted by Crippen LogP contribution is -2.11. The fraction of sp³-hybridized carbons (Fsp3) is 0.200. The van der Waals surface area contributed by atoms with Crippen LogP contribution in [0.5, 0.6) is 0 Å². The fourth-order valence-corrected chi connectivity index (χ4v) is 3.28. The van der Waals surface area contributed by atoms with Crippen LogP contribution in [0.3, 0.4) is 0 Å². The molecule has 0 bridgehead atoms. The highest BCUT2D eigenvalue weighted by Gasteiger charge is 2.05. The number of hydrogen-bond donors (Lipinski definition) is 0. The van der Waals surface area contributed by atoms with E-state index in [-0.39, 0.29) is 12.4 Å². The lowest BCUT2D eigenvalue weighted by Gasteiger charge is -2.13. The van der Waals surface area contributed by atoms with Crippen molar-refractivity contribution in [3.8, 4) is 0 Å². The SMILES string of the molecule is CN(C)Cc1ccccc1Sc1cccc(Br)c1.Cl. The summed E-state index contributed by atoms with van der Waals surface area (Å²) in [5, 5.41) is 0. The maximum atomic E-state index is 3.51. The molecule has 102 valence electrons. The third-order valence-electron chi connectivity index (χ3n) is 2.48. The van der Waals surface area contributed by atoms with E-state index in [1.807, 2.05) is 11.8 Å². The Kier molecular flexibility index (Phi) is 6.94. The molecule has 0 aliphatic rings. The average Bonchev–Trinajstić information content (AvgIpc) is 2.31. The smallest absolute Gasteiger partial charge is 0.0238 e. The quantitative estimate of drug-likeness (QED) is 0.749. The van der Waals surface area contributed by atoms with Gasteiger partial charge in [-0.2, -0.15) is 0 Å². The summed E-state index contributed by atoms with van der Waals surface area (Å²) < 4.78 is 1.12. The Bertz CT molecular complexity index is 531. The first kappa shape index (κ1) is 16.6. The minimum absolute atomic E-state index is 0. The van der Waals surface area contributed by atoms with Crippen molar-refractivity contribution in [2.45, 2.75) is 16.3 Å². The van der Waals surface area contributed by atoms with Gasteiger partial charge in [-0.3, -0.25) is 0 Å². The van der Waals surface area contributed by atoms with Gasteiger partial charge in [-0.15, -0.1) is 12.4 Å². The van der Waals surface area contributed by atoms with Crippen LogP contribution in [0.4, 0.5) is 0 Å². The summed E-state index contributed by atoms with van der Waals surface area (Å²) >= 11 is 5.33. The minimum atomic E-state index is 0. The van der Waals surface area contributed by atoms with Gasteiger partial charge in [0.25, 0.3) is 0 Å². The molecule has 0 amide bonds. The first-order valence-corrected chi connectivity index (χ1v) is 7.42. The predicted octanol–water partition coefficient (Wildman–Crippen LogP) is 5.08. The van der Waals surface area contributed by atoms with Gasteiger partial charge in [0.15, 0.2) is 0 Å². The highest BCUT2D eigenvalue weighted by atomic mass is 79.9. The van der Waals surface area contributed by atoms with Crippen LogP contribution in [0.2, 0.25) is 0 Å². The molecule has 0 aliphatic carbocycles. The third kappa shape index (κ3) is 5.19. The van der Waals surface area contributed by atoms with Gasteiger partial charge in [0.2, 0.25) is 0 Å². The molecular formula is C15H17BrClNS. The number of benzene rings is 2. The first-order chi connectivity index (χ1) is 8.65. The average molecular weight is 359 g/mol. The minimum Gasteiger partial charge on any atom is -0.305 e. The van der Waals surface area contributed by atoms with Crippen LogP contribution in [0, 0.1) is 0 Å². The number of nitrogens with zero attached hydrogens (tertiary/aromatic N) is 1. The van der Waals surface area contributed by atoms with Crippen molar-refractivity contribution in [1.82, 2.24) is 4.90 Å². The maximum Gasteiger partial charge on any atom is 0.0238 e. The molecule has 0 radical (unpaired) electrons. The monoisotopic (exact) mass is 357 g/mol. The number of halogens is 2. The summed E-state index contributed by atoms with van der Waals surface area (Å²) in [6.07, 6.45) is 0. The molecule has 0 spiro atoms. The van der Waals surface area contributed by atoms with Crippen LogP contribution < -0.4 is 0 Å². The Morgan fingerprint density at radius 3 is 2.47 bits per heavy atom. The van der Waals surface area contributed by atoms with E-state index in [1.54, 1.807) is 0 Å². The summed E-state index contributed by atoms with van der Waals surface area (Å²) in [7, 11) is 4.20. The first-order valence-electron chi connectivity index (χ1n) is 5.81. The molecule has 0 heterocycles. The Morgan fingerprint density at radius 2 is 1.79 bits per heavy atom. The van der Waals surface area contributed by atoms with Gasteiger partial charge in [0.1, 0.15) is 0 Å². The van der Waals surface area contributed by atoms with Crippen LogP contribution in [-0.2, 0) is 6.54 Å². The Labute approximate surface area is 133 Å². The van der Waals surface area contributed by atoms with Crippen LogP contribution in [0.25, 0.3) is 0 Å². The normalized spacial score (nSPS) is 10.3. The Balaban J connectivity index is 0.00000180. The van der Waals surface area contributed by atoms with E-state index >= 15 is 0 Å². The Morgan fingerprint density at radius 1 is 1.05 bits per heavy atom. The van der Waals surface area contributed by atoms with Crippen LogP contribution in [0.1, 0.15) is 5.56 Å². The van der Waals surface area contributed by atoms with Crippen LogP contribution >= 0.6 is 40.1 Å².